The molecule has 0 radical (unpaired) electrons. The van der Waals surface area contributed by atoms with Crippen molar-refractivity contribution in [2.45, 2.75) is 25.4 Å². The molecule has 0 amide bonds. The number of hydrogen-bond donors (Lipinski definition) is 0. The first-order chi connectivity index (χ1) is 11.2. The number of rotatable bonds is 0. The molecular weight excluding hydrogens is 296 g/mol. The van der Waals surface area contributed by atoms with Gasteiger partial charge in [0.2, 0.25) is 0 Å². The molecule has 3 atom stereocenters. The highest BCUT2D eigenvalue weighted by molar-refractivity contribution is 6.03. The average Bonchev–Trinajstić information content (AvgIpc) is 3.04. The fourth-order valence-corrected chi connectivity index (χ4v) is 3.93. The highest BCUT2D eigenvalue weighted by Crippen LogP contribution is 2.44. The fourth-order valence-electron chi connectivity index (χ4n) is 3.93. The van der Waals surface area contributed by atoms with Crippen molar-refractivity contribution in [3.05, 3.63) is 47.2 Å². The van der Waals surface area contributed by atoms with Gasteiger partial charge in [-0.15, -0.1) is 0 Å². The molecule has 1 aromatic carbocycles. The lowest BCUT2D eigenvalue weighted by Gasteiger charge is -2.29. The van der Waals surface area contributed by atoms with Crippen LogP contribution in [-0.4, -0.2) is 18.0 Å². The molecule has 116 valence electrons. The van der Waals surface area contributed by atoms with Gasteiger partial charge in [-0.2, -0.15) is 0 Å². The minimum atomic E-state index is -0.376. The van der Waals surface area contributed by atoms with E-state index in [4.69, 9.17) is 14.2 Å². The van der Waals surface area contributed by atoms with E-state index in [0.29, 0.717) is 29.3 Å². The van der Waals surface area contributed by atoms with Gasteiger partial charge >= 0.3 is 11.9 Å². The number of allylic oxidation sites excluding steroid dienone is 3. The van der Waals surface area contributed by atoms with Crippen molar-refractivity contribution in [1.82, 2.24) is 0 Å². The number of ether oxygens (including phenoxy) is 3. The molecule has 1 saturated heterocycles. The van der Waals surface area contributed by atoms with E-state index < -0.39 is 0 Å². The Morgan fingerprint density at radius 3 is 2.78 bits per heavy atom. The van der Waals surface area contributed by atoms with Crippen LogP contribution in [0.5, 0.6) is 5.75 Å². The van der Waals surface area contributed by atoms with Gasteiger partial charge in [-0.25, -0.2) is 4.79 Å². The zero-order chi connectivity index (χ0) is 15.6. The predicted molar refractivity (Wildman–Crippen MR) is 79.3 cm³/mol. The molecule has 23 heavy (non-hydrogen) atoms. The number of esters is 2. The van der Waals surface area contributed by atoms with Crippen molar-refractivity contribution in [3.63, 3.8) is 0 Å². The Morgan fingerprint density at radius 1 is 0.957 bits per heavy atom. The van der Waals surface area contributed by atoms with Gasteiger partial charge in [0.25, 0.3) is 0 Å². The smallest absolute Gasteiger partial charge is 0.344 e. The molecule has 5 heteroatoms. The van der Waals surface area contributed by atoms with Gasteiger partial charge in [-0.05, 0) is 49.6 Å². The summed E-state index contributed by atoms with van der Waals surface area (Å²) in [4.78, 5) is 24.1. The van der Waals surface area contributed by atoms with Crippen LogP contribution in [0, 0.1) is 11.8 Å². The van der Waals surface area contributed by atoms with E-state index in [9.17, 15) is 9.59 Å². The van der Waals surface area contributed by atoms with Gasteiger partial charge in [0.15, 0.2) is 0 Å². The minimum Gasteiger partial charge on any atom is -0.490 e. The molecule has 0 N–H and O–H groups in total. The maximum Gasteiger partial charge on any atom is 0.344 e. The molecule has 5 heterocycles. The van der Waals surface area contributed by atoms with Gasteiger partial charge in [0.1, 0.15) is 17.3 Å². The van der Waals surface area contributed by atoms with Crippen LogP contribution in [0.2, 0.25) is 0 Å². The summed E-state index contributed by atoms with van der Waals surface area (Å²) >= 11 is 0. The molecule has 0 spiro atoms. The van der Waals surface area contributed by atoms with E-state index in [0.717, 1.165) is 18.4 Å². The van der Waals surface area contributed by atoms with Crippen molar-refractivity contribution in [2.24, 2.45) is 11.8 Å². The van der Waals surface area contributed by atoms with Gasteiger partial charge in [0, 0.05) is 11.5 Å². The van der Waals surface area contributed by atoms with Gasteiger partial charge in [-0.3, -0.25) is 4.79 Å². The number of benzene rings is 1. The van der Waals surface area contributed by atoms with Crippen LogP contribution in [0.25, 0.3) is 5.76 Å². The van der Waals surface area contributed by atoms with E-state index >= 15 is 0 Å². The SMILES string of the molecule is O=C1O/C2=C/C=C3/OC(=O)C4CC(CCC34)Oc3ccc2c1c3. The highest BCUT2D eigenvalue weighted by Gasteiger charge is 2.45. The van der Waals surface area contributed by atoms with E-state index in [1.54, 1.807) is 18.2 Å². The summed E-state index contributed by atoms with van der Waals surface area (Å²) in [6, 6.07) is 5.42. The summed E-state index contributed by atoms with van der Waals surface area (Å²) in [6.07, 6.45) is 5.84. The number of carbonyl (C=O) groups is 2. The van der Waals surface area contributed by atoms with Gasteiger partial charge in [-0.1, -0.05) is 0 Å². The first-order valence-electron chi connectivity index (χ1n) is 7.86. The van der Waals surface area contributed by atoms with Gasteiger partial charge in [0.05, 0.1) is 17.6 Å². The molecule has 5 aliphatic heterocycles. The minimum absolute atomic E-state index is 0.0354. The van der Waals surface area contributed by atoms with Crippen molar-refractivity contribution < 1.29 is 23.8 Å². The Labute approximate surface area is 132 Å². The van der Waals surface area contributed by atoms with E-state index in [1.165, 1.54) is 0 Å². The predicted octanol–water partition coefficient (Wildman–Crippen LogP) is 2.82. The molecule has 8 bridgehead atoms. The maximum atomic E-state index is 12.1. The van der Waals surface area contributed by atoms with Crippen molar-refractivity contribution in [3.8, 4) is 5.75 Å². The quantitative estimate of drug-likeness (QED) is 0.690. The Bertz CT molecular complexity index is 804. The topological polar surface area (TPSA) is 61.8 Å². The first kappa shape index (κ1) is 12.9. The third-order valence-corrected chi connectivity index (χ3v) is 5.07. The molecule has 1 aliphatic carbocycles. The summed E-state index contributed by atoms with van der Waals surface area (Å²) in [7, 11) is 0. The van der Waals surface area contributed by atoms with Crippen LogP contribution in [0.15, 0.2) is 36.1 Å². The summed E-state index contributed by atoms with van der Waals surface area (Å²) < 4.78 is 16.8. The molecule has 1 saturated carbocycles. The van der Waals surface area contributed by atoms with E-state index in [1.807, 2.05) is 12.1 Å². The van der Waals surface area contributed by atoms with Crippen LogP contribution in [-0.2, 0) is 14.3 Å². The van der Waals surface area contributed by atoms with E-state index in [-0.39, 0.29) is 29.9 Å². The molecule has 1 aromatic rings. The Morgan fingerprint density at radius 2 is 1.87 bits per heavy atom. The van der Waals surface area contributed by atoms with Crippen LogP contribution < -0.4 is 4.74 Å². The molecule has 6 aliphatic rings. The van der Waals surface area contributed by atoms with Crippen molar-refractivity contribution in [1.29, 1.82) is 0 Å². The zero-order valence-electron chi connectivity index (χ0n) is 12.3. The third kappa shape index (κ3) is 1.86. The second-order valence-electron chi connectivity index (χ2n) is 6.38. The Kier molecular flexibility index (Phi) is 2.52. The van der Waals surface area contributed by atoms with Crippen LogP contribution in [0.1, 0.15) is 35.2 Å². The summed E-state index contributed by atoms with van der Waals surface area (Å²) in [6.45, 7) is 0. The lowest BCUT2D eigenvalue weighted by Crippen LogP contribution is -2.31. The molecule has 3 unspecified atom stereocenters. The highest BCUT2D eigenvalue weighted by atomic mass is 16.6. The normalized spacial score (nSPS) is 35.0. The summed E-state index contributed by atoms with van der Waals surface area (Å²) in [5.41, 5.74) is 1.26. The second kappa shape index (κ2) is 4.47. The number of fused-ring (bicyclic) bond motifs is 1. The third-order valence-electron chi connectivity index (χ3n) is 5.07. The van der Waals surface area contributed by atoms with Crippen molar-refractivity contribution >= 4 is 17.7 Å². The monoisotopic (exact) mass is 310 g/mol. The largest absolute Gasteiger partial charge is 0.490 e. The zero-order valence-corrected chi connectivity index (χ0v) is 12.3. The van der Waals surface area contributed by atoms with Crippen LogP contribution in [0.4, 0.5) is 0 Å². The lowest BCUT2D eigenvalue weighted by molar-refractivity contribution is -0.140. The maximum absolute atomic E-state index is 12.1. The number of carbonyl (C=O) groups excluding carboxylic acids is 2. The second-order valence-corrected chi connectivity index (χ2v) is 6.38. The Balaban J connectivity index is 1.69. The van der Waals surface area contributed by atoms with E-state index in [2.05, 4.69) is 0 Å². The molecule has 0 aromatic heterocycles. The first-order valence-corrected chi connectivity index (χ1v) is 7.86. The fraction of sp³-hybridized carbons (Fsp3) is 0.333. The molecule has 7 rings (SSSR count). The van der Waals surface area contributed by atoms with Crippen LogP contribution in [0.3, 0.4) is 0 Å². The number of hydrogen-bond acceptors (Lipinski definition) is 5. The summed E-state index contributed by atoms with van der Waals surface area (Å²) in [5, 5.41) is 0. The standard InChI is InChI=1S/C18H14O5/c19-17-13-7-9-1-3-11(13)15(22-17)5-6-16-12-4-2-10(21-9)8-14(12)18(20)23-16/h1,3,5-7,10,12,14H,2,4,8H2/b15-5+,16-6+. The Hall–Kier alpha value is -2.56. The molecular formula is C18H14O5. The van der Waals surface area contributed by atoms with Crippen molar-refractivity contribution in [2.75, 3.05) is 0 Å². The molecule has 2 fully saturated rings. The van der Waals surface area contributed by atoms with Crippen LogP contribution >= 0.6 is 0 Å². The average molecular weight is 310 g/mol. The van der Waals surface area contributed by atoms with Gasteiger partial charge < -0.3 is 14.2 Å². The molecule has 5 nitrogen and oxygen atoms in total. The summed E-state index contributed by atoms with van der Waals surface area (Å²) in [5.74, 6) is 1.21. The lowest BCUT2D eigenvalue weighted by atomic mass is 9.78.